The molecule has 1 saturated heterocycles. The topological polar surface area (TPSA) is 29.3 Å². The number of nitrogens with zero attached hydrogens (tertiary/aromatic N) is 1. The molecule has 4 heteroatoms. The highest BCUT2D eigenvalue weighted by atomic mass is 35.5. The Morgan fingerprint density at radius 3 is 2.93 bits per heavy atom. The molecular weight excluding hydrogens is 228 g/mol. The number of nitrogen functional groups attached to an aromatic ring is 1. The lowest BCUT2D eigenvalue weighted by Crippen LogP contribution is -2.31. The van der Waals surface area contributed by atoms with E-state index in [0.29, 0.717) is 11.1 Å². The lowest BCUT2D eigenvalue weighted by molar-refractivity contribution is 0.701. The van der Waals surface area contributed by atoms with Crippen molar-refractivity contribution in [1.29, 1.82) is 0 Å². The molecular formula is C11H15ClN2S. The molecule has 1 fully saturated rings. The number of hydrogen-bond donors (Lipinski definition) is 1. The van der Waals surface area contributed by atoms with Gasteiger partial charge in [-0.25, -0.2) is 0 Å². The molecule has 1 heterocycles. The molecule has 2 nitrogen and oxygen atoms in total. The minimum Gasteiger partial charge on any atom is -0.397 e. The average Bonchev–Trinajstić information content (AvgIpc) is 2.69. The second-order valence-corrected chi connectivity index (χ2v) is 5.42. The van der Waals surface area contributed by atoms with E-state index in [0.717, 1.165) is 11.4 Å². The van der Waals surface area contributed by atoms with Gasteiger partial charge in [0.2, 0.25) is 0 Å². The van der Waals surface area contributed by atoms with Gasteiger partial charge in [-0.15, -0.1) is 0 Å². The summed E-state index contributed by atoms with van der Waals surface area (Å²) in [6.07, 6.45) is 1.24. The van der Waals surface area contributed by atoms with Gasteiger partial charge in [-0.05, 0) is 30.4 Å². The highest BCUT2D eigenvalue weighted by molar-refractivity contribution is 7.99. The predicted octanol–water partition coefficient (Wildman–Crippen LogP) is 2.86. The van der Waals surface area contributed by atoms with Crippen LogP contribution in [-0.4, -0.2) is 24.6 Å². The number of thioether (sulfide) groups is 1. The number of halogens is 1. The third-order valence-corrected chi connectivity index (χ3v) is 4.20. The van der Waals surface area contributed by atoms with E-state index in [4.69, 9.17) is 17.3 Å². The minimum atomic E-state index is 0.610. The molecule has 1 aromatic rings. The monoisotopic (exact) mass is 242 g/mol. The fraction of sp³-hybridized carbons (Fsp3) is 0.455. The van der Waals surface area contributed by atoms with Crippen LogP contribution in [0.1, 0.15) is 6.42 Å². The summed E-state index contributed by atoms with van der Waals surface area (Å²) >= 11 is 7.88. The molecule has 0 aromatic heterocycles. The highest BCUT2D eigenvalue weighted by Gasteiger charge is 2.21. The lowest BCUT2D eigenvalue weighted by atomic mass is 10.2. The first-order chi connectivity index (χ1) is 7.18. The minimum absolute atomic E-state index is 0.610. The van der Waals surface area contributed by atoms with Gasteiger partial charge in [0.15, 0.2) is 0 Å². The molecule has 0 spiro atoms. The van der Waals surface area contributed by atoms with Gasteiger partial charge in [0.1, 0.15) is 0 Å². The molecule has 0 saturated carbocycles. The van der Waals surface area contributed by atoms with E-state index in [9.17, 15) is 0 Å². The molecule has 0 amide bonds. The van der Waals surface area contributed by atoms with Gasteiger partial charge in [-0.2, -0.15) is 11.8 Å². The molecule has 1 aliphatic heterocycles. The van der Waals surface area contributed by atoms with Crippen molar-refractivity contribution in [1.82, 2.24) is 0 Å². The van der Waals surface area contributed by atoms with Crippen LogP contribution >= 0.6 is 23.4 Å². The molecule has 15 heavy (non-hydrogen) atoms. The van der Waals surface area contributed by atoms with E-state index < -0.39 is 0 Å². The molecule has 2 rings (SSSR count). The summed E-state index contributed by atoms with van der Waals surface area (Å²) < 4.78 is 0. The second-order valence-electron chi connectivity index (χ2n) is 3.83. The van der Waals surface area contributed by atoms with Crippen molar-refractivity contribution >= 4 is 34.7 Å². The number of rotatable bonds is 2. The van der Waals surface area contributed by atoms with Crippen LogP contribution in [0.25, 0.3) is 0 Å². The summed E-state index contributed by atoms with van der Waals surface area (Å²) in [5.74, 6) is 2.45. The fourth-order valence-electron chi connectivity index (χ4n) is 1.87. The first kappa shape index (κ1) is 11.0. The quantitative estimate of drug-likeness (QED) is 0.809. The van der Waals surface area contributed by atoms with Gasteiger partial charge in [0.25, 0.3) is 0 Å². The predicted molar refractivity (Wildman–Crippen MR) is 70.0 cm³/mol. The van der Waals surface area contributed by atoms with Crippen molar-refractivity contribution in [2.45, 2.75) is 12.5 Å². The lowest BCUT2D eigenvalue weighted by Gasteiger charge is -2.27. The Balaban J connectivity index is 2.20. The summed E-state index contributed by atoms with van der Waals surface area (Å²) in [5, 5.41) is 0.699. The number of benzene rings is 1. The molecule has 0 bridgehead atoms. The normalized spacial score (nSPS) is 20.5. The summed E-state index contributed by atoms with van der Waals surface area (Å²) in [6.45, 7) is 0. The standard InChI is InChI=1S/C11H15ClN2S/c1-14(9-4-5-15-7-9)11-3-2-8(12)6-10(11)13/h2-3,6,9H,4-5,7,13H2,1H3. The maximum atomic E-state index is 5.96. The van der Waals surface area contributed by atoms with Crippen LogP contribution in [0.4, 0.5) is 11.4 Å². The summed E-state index contributed by atoms with van der Waals surface area (Å²) in [7, 11) is 2.11. The van der Waals surface area contributed by atoms with E-state index in [2.05, 4.69) is 11.9 Å². The van der Waals surface area contributed by atoms with E-state index in [1.165, 1.54) is 17.9 Å². The van der Waals surface area contributed by atoms with Crippen molar-refractivity contribution in [2.75, 3.05) is 29.2 Å². The molecule has 82 valence electrons. The van der Waals surface area contributed by atoms with Crippen molar-refractivity contribution in [3.05, 3.63) is 23.2 Å². The summed E-state index contributed by atoms with van der Waals surface area (Å²) in [5.41, 5.74) is 7.81. The Morgan fingerprint density at radius 2 is 2.33 bits per heavy atom. The van der Waals surface area contributed by atoms with Crippen LogP contribution < -0.4 is 10.6 Å². The van der Waals surface area contributed by atoms with E-state index >= 15 is 0 Å². The molecule has 1 aliphatic rings. The van der Waals surface area contributed by atoms with E-state index in [1.807, 2.05) is 30.0 Å². The zero-order chi connectivity index (χ0) is 10.8. The first-order valence-electron chi connectivity index (χ1n) is 5.04. The van der Waals surface area contributed by atoms with Crippen molar-refractivity contribution < 1.29 is 0 Å². The van der Waals surface area contributed by atoms with Gasteiger partial charge in [-0.3, -0.25) is 0 Å². The van der Waals surface area contributed by atoms with Gasteiger partial charge in [0.05, 0.1) is 11.4 Å². The molecule has 0 aliphatic carbocycles. The Kier molecular flexibility index (Phi) is 3.32. The smallest absolute Gasteiger partial charge is 0.0601 e. The van der Waals surface area contributed by atoms with Crippen LogP contribution in [0.3, 0.4) is 0 Å². The van der Waals surface area contributed by atoms with Crippen LogP contribution in [0.5, 0.6) is 0 Å². The maximum Gasteiger partial charge on any atom is 0.0601 e. The number of nitrogens with two attached hydrogens (primary N) is 1. The summed E-state index contributed by atoms with van der Waals surface area (Å²) in [6, 6.07) is 6.32. The molecule has 1 aromatic carbocycles. The maximum absolute atomic E-state index is 5.96. The van der Waals surface area contributed by atoms with Crippen LogP contribution in [0, 0.1) is 0 Å². The van der Waals surface area contributed by atoms with Crippen molar-refractivity contribution in [2.24, 2.45) is 0 Å². The van der Waals surface area contributed by atoms with Gasteiger partial charge < -0.3 is 10.6 Å². The first-order valence-corrected chi connectivity index (χ1v) is 6.57. The van der Waals surface area contributed by atoms with Gasteiger partial charge in [0, 0.05) is 23.9 Å². The largest absolute Gasteiger partial charge is 0.397 e. The Labute approximate surface area is 99.8 Å². The van der Waals surface area contributed by atoms with Crippen LogP contribution in [0.15, 0.2) is 18.2 Å². The summed E-state index contributed by atoms with van der Waals surface area (Å²) in [4.78, 5) is 2.27. The van der Waals surface area contributed by atoms with Crippen LogP contribution in [0.2, 0.25) is 5.02 Å². The number of hydrogen-bond acceptors (Lipinski definition) is 3. The van der Waals surface area contributed by atoms with Gasteiger partial charge >= 0.3 is 0 Å². The average molecular weight is 243 g/mol. The SMILES string of the molecule is CN(c1ccc(Cl)cc1N)C1CCSC1. The van der Waals surface area contributed by atoms with E-state index in [-0.39, 0.29) is 0 Å². The van der Waals surface area contributed by atoms with Gasteiger partial charge in [-0.1, -0.05) is 11.6 Å². The van der Waals surface area contributed by atoms with E-state index in [1.54, 1.807) is 0 Å². The molecule has 2 N–H and O–H groups in total. The Hall–Kier alpha value is -0.540. The van der Waals surface area contributed by atoms with Crippen molar-refractivity contribution in [3.8, 4) is 0 Å². The fourth-order valence-corrected chi connectivity index (χ4v) is 3.32. The zero-order valence-electron chi connectivity index (χ0n) is 8.74. The Morgan fingerprint density at radius 1 is 1.53 bits per heavy atom. The second kappa shape index (κ2) is 4.54. The van der Waals surface area contributed by atoms with Crippen molar-refractivity contribution in [3.63, 3.8) is 0 Å². The molecule has 0 radical (unpaired) electrons. The third-order valence-electron chi connectivity index (χ3n) is 2.82. The Bertz CT molecular complexity index is 350. The zero-order valence-corrected chi connectivity index (χ0v) is 10.3. The molecule has 1 atom stereocenters. The van der Waals surface area contributed by atoms with Crippen LogP contribution in [-0.2, 0) is 0 Å². The number of anilines is 2. The third kappa shape index (κ3) is 2.34. The molecule has 1 unspecified atom stereocenters. The highest BCUT2D eigenvalue weighted by Crippen LogP contribution is 2.31.